The van der Waals surface area contributed by atoms with Gasteiger partial charge >= 0.3 is 0 Å². The van der Waals surface area contributed by atoms with Crippen LogP contribution in [0.15, 0.2) is 12.1 Å². The summed E-state index contributed by atoms with van der Waals surface area (Å²) in [4.78, 5) is 2.11. The Balaban J connectivity index is 2.51. The summed E-state index contributed by atoms with van der Waals surface area (Å²) >= 11 is 0. The predicted octanol–water partition coefficient (Wildman–Crippen LogP) is 1.23. The van der Waals surface area contributed by atoms with Crippen LogP contribution in [-0.2, 0) is 6.54 Å². The van der Waals surface area contributed by atoms with E-state index in [9.17, 15) is 15.3 Å². The molecule has 1 aromatic carbocycles. The highest BCUT2D eigenvalue weighted by atomic mass is 16.3. The predicted molar refractivity (Wildman–Crippen MR) is 70.9 cm³/mol. The van der Waals surface area contributed by atoms with Crippen LogP contribution in [0, 0.1) is 0 Å². The third-order valence-corrected chi connectivity index (χ3v) is 2.86. The van der Waals surface area contributed by atoms with E-state index in [0.29, 0.717) is 18.2 Å². The molecule has 102 valence electrons. The Morgan fingerprint density at radius 1 is 1.17 bits per heavy atom. The lowest BCUT2D eigenvalue weighted by atomic mass is 10.1. The number of hydrogen-bond acceptors (Lipinski definition) is 5. The van der Waals surface area contributed by atoms with Crippen molar-refractivity contribution in [3.63, 3.8) is 0 Å². The first-order valence-corrected chi connectivity index (χ1v) is 6.02. The van der Waals surface area contributed by atoms with Crippen molar-refractivity contribution in [2.45, 2.75) is 25.9 Å². The molecule has 1 rings (SSSR count). The lowest BCUT2D eigenvalue weighted by Gasteiger charge is -2.17. The van der Waals surface area contributed by atoms with Crippen LogP contribution in [0.4, 0.5) is 0 Å². The Morgan fingerprint density at radius 2 is 1.83 bits per heavy atom. The molecule has 5 nitrogen and oxygen atoms in total. The average molecular weight is 254 g/mol. The van der Waals surface area contributed by atoms with Crippen molar-refractivity contribution in [3.8, 4) is 17.2 Å². The quantitative estimate of drug-likeness (QED) is 0.575. The molecule has 4 N–H and O–H groups in total. The van der Waals surface area contributed by atoms with Crippen LogP contribution in [0.5, 0.6) is 17.2 Å². The van der Waals surface area contributed by atoms with E-state index in [1.165, 1.54) is 6.07 Å². The molecule has 1 atom stereocenters. The van der Waals surface area contributed by atoms with Gasteiger partial charge in [-0.15, -0.1) is 0 Å². The minimum atomic E-state index is -0.463. The average Bonchev–Trinajstić information content (AvgIpc) is 2.32. The first-order chi connectivity index (χ1) is 8.41. The molecule has 5 heteroatoms. The summed E-state index contributed by atoms with van der Waals surface area (Å²) < 4.78 is 0. The zero-order valence-electron chi connectivity index (χ0n) is 11.1. The van der Waals surface area contributed by atoms with Crippen LogP contribution in [0.1, 0.15) is 18.9 Å². The molecule has 1 unspecified atom stereocenters. The topological polar surface area (TPSA) is 76.0 Å². The molecule has 1 aromatic rings. The van der Waals surface area contributed by atoms with Crippen molar-refractivity contribution in [1.82, 2.24) is 10.2 Å². The summed E-state index contributed by atoms with van der Waals surface area (Å²) in [6.45, 7) is 3.51. The van der Waals surface area contributed by atoms with Crippen LogP contribution < -0.4 is 5.32 Å². The van der Waals surface area contributed by atoms with E-state index >= 15 is 0 Å². The number of nitrogens with one attached hydrogen (secondary N) is 1. The minimum absolute atomic E-state index is 0.262. The number of rotatable bonds is 6. The highest BCUT2D eigenvalue weighted by molar-refractivity contribution is 5.52. The SMILES string of the molecule is CC(CCN(C)C)NCc1ccc(O)c(O)c1O. The van der Waals surface area contributed by atoms with Gasteiger partial charge in [0.25, 0.3) is 0 Å². The molecule has 0 radical (unpaired) electrons. The van der Waals surface area contributed by atoms with E-state index in [2.05, 4.69) is 17.1 Å². The molecular weight excluding hydrogens is 232 g/mol. The number of benzene rings is 1. The van der Waals surface area contributed by atoms with Crippen LogP contribution in [-0.4, -0.2) is 46.9 Å². The molecule has 18 heavy (non-hydrogen) atoms. The third kappa shape index (κ3) is 4.09. The van der Waals surface area contributed by atoms with Gasteiger partial charge in [-0.05, 0) is 40.1 Å². The summed E-state index contributed by atoms with van der Waals surface area (Å²) in [5.74, 6) is -1.03. The Labute approximate surface area is 108 Å². The van der Waals surface area contributed by atoms with Crippen molar-refractivity contribution < 1.29 is 15.3 Å². The van der Waals surface area contributed by atoms with Crippen molar-refractivity contribution in [1.29, 1.82) is 0 Å². The second-order valence-corrected chi connectivity index (χ2v) is 4.81. The van der Waals surface area contributed by atoms with Gasteiger partial charge in [0.2, 0.25) is 5.75 Å². The van der Waals surface area contributed by atoms with Gasteiger partial charge in [-0.2, -0.15) is 0 Å². The van der Waals surface area contributed by atoms with Gasteiger partial charge < -0.3 is 25.5 Å². The summed E-state index contributed by atoms with van der Waals surface area (Å²) in [7, 11) is 4.05. The van der Waals surface area contributed by atoms with Gasteiger partial charge in [0.15, 0.2) is 11.5 Å². The Morgan fingerprint density at radius 3 is 2.44 bits per heavy atom. The monoisotopic (exact) mass is 254 g/mol. The van der Waals surface area contributed by atoms with Crippen molar-refractivity contribution in [3.05, 3.63) is 17.7 Å². The molecule has 0 spiro atoms. The second-order valence-electron chi connectivity index (χ2n) is 4.81. The largest absolute Gasteiger partial charge is 0.504 e. The minimum Gasteiger partial charge on any atom is -0.504 e. The smallest absolute Gasteiger partial charge is 0.200 e. The maximum Gasteiger partial charge on any atom is 0.200 e. The Hall–Kier alpha value is -1.46. The zero-order valence-corrected chi connectivity index (χ0v) is 11.1. The summed E-state index contributed by atoms with van der Waals surface area (Å²) in [6, 6.07) is 3.27. The van der Waals surface area contributed by atoms with Crippen LogP contribution in [0.2, 0.25) is 0 Å². The lowest BCUT2D eigenvalue weighted by Crippen LogP contribution is -2.29. The molecule has 0 aliphatic rings. The fraction of sp³-hybridized carbons (Fsp3) is 0.538. The van der Waals surface area contributed by atoms with Crippen LogP contribution in [0.25, 0.3) is 0 Å². The number of hydrogen-bond donors (Lipinski definition) is 4. The number of phenolic OH excluding ortho intramolecular Hbond substituents is 3. The first-order valence-electron chi connectivity index (χ1n) is 6.02. The summed E-state index contributed by atoms with van der Waals surface area (Å²) in [5.41, 5.74) is 0.571. The molecule has 0 aromatic heterocycles. The van der Waals surface area contributed by atoms with Gasteiger partial charge in [-0.3, -0.25) is 0 Å². The molecular formula is C13H22N2O3. The van der Waals surface area contributed by atoms with Crippen LogP contribution >= 0.6 is 0 Å². The molecule has 0 saturated carbocycles. The Bertz CT molecular complexity index is 394. The van der Waals surface area contributed by atoms with Crippen molar-refractivity contribution >= 4 is 0 Å². The molecule has 0 aliphatic heterocycles. The first kappa shape index (κ1) is 14.6. The van der Waals surface area contributed by atoms with E-state index in [1.807, 2.05) is 14.1 Å². The molecule has 0 amide bonds. The van der Waals surface area contributed by atoms with Gasteiger partial charge in [0.05, 0.1) is 0 Å². The highest BCUT2D eigenvalue weighted by Crippen LogP contribution is 2.36. The maximum atomic E-state index is 9.65. The molecule has 0 fully saturated rings. The van der Waals surface area contributed by atoms with Gasteiger partial charge in [0, 0.05) is 18.2 Å². The van der Waals surface area contributed by atoms with Gasteiger partial charge in [0.1, 0.15) is 0 Å². The maximum absolute atomic E-state index is 9.65. The summed E-state index contributed by atoms with van der Waals surface area (Å²) in [6.07, 6.45) is 0.998. The third-order valence-electron chi connectivity index (χ3n) is 2.86. The normalized spacial score (nSPS) is 12.9. The van der Waals surface area contributed by atoms with E-state index < -0.39 is 5.75 Å². The fourth-order valence-corrected chi connectivity index (χ4v) is 1.59. The number of phenols is 3. The standard InChI is InChI=1S/C13H22N2O3/c1-9(6-7-15(2)3)14-8-10-4-5-11(16)13(18)12(10)17/h4-5,9,14,16-18H,6-8H2,1-3H3. The van der Waals surface area contributed by atoms with E-state index in [1.54, 1.807) is 6.07 Å². The van der Waals surface area contributed by atoms with E-state index in [4.69, 9.17) is 0 Å². The Kier molecular flexibility index (Phi) is 5.25. The fourth-order valence-electron chi connectivity index (χ4n) is 1.59. The van der Waals surface area contributed by atoms with E-state index in [-0.39, 0.29) is 11.5 Å². The molecule has 0 heterocycles. The summed E-state index contributed by atoms with van der Waals surface area (Å²) in [5, 5.41) is 31.5. The lowest BCUT2D eigenvalue weighted by molar-refractivity contribution is 0.355. The second kappa shape index (κ2) is 6.47. The molecule has 0 bridgehead atoms. The highest BCUT2D eigenvalue weighted by Gasteiger charge is 2.11. The van der Waals surface area contributed by atoms with Gasteiger partial charge in [-0.25, -0.2) is 0 Å². The number of nitrogens with zero attached hydrogens (tertiary/aromatic N) is 1. The van der Waals surface area contributed by atoms with Crippen molar-refractivity contribution in [2.24, 2.45) is 0 Å². The van der Waals surface area contributed by atoms with E-state index in [0.717, 1.165) is 13.0 Å². The van der Waals surface area contributed by atoms with Crippen molar-refractivity contribution in [2.75, 3.05) is 20.6 Å². The van der Waals surface area contributed by atoms with Gasteiger partial charge in [-0.1, -0.05) is 6.07 Å². The number of aromatic hydroxyl groups is 3. The zero-order chi connectivity index (χ0) is 13.7. The van der Waals surface area contributed by atoms with Crippen LogP contribution in [0.3, 0.4) is 0 Å². The molecule has 0 saturated heterocycles. The molecule has 0 aliphatic carbocycles.